The van der Waals surface area contributed by atoms with Gasteiger partial charge in [-0.25, -0.2) is 0 Å². The van der Waals surface area contributed by atoms with Gasteiger partial charge < -0.3 is 4.90 Å². The van der Waals surface area contributed by atoms with Crippen molar-refractivity contribution < 1.29 is 0 Å². The van der Waals surface area contributed by atoms with Crippen LogP contribution >= 0.6 is 0 Å². The van der Waals surface area contributed by atoms with Crippen LogP contribution in [-0.2, 0) is 0 Å². The molecule has 0 aliphatic heterocycles. The van der Waals surface area contributed by atoms with E-state index in [-0.39, 0.29) is 0 Å². The van der Waals surface area contributed by atoms with Gasteiger partial charge in [-0.2, -0.15) is 0 Å². The topological polar surface area (TPSA) is 3.24 Å². The molecule has 9 rings (SSSR count). The zero-order valence-corrected chi connectivity index (χ0v) is 34.1. The molecule has 57 heavy (non-hydrogen) atoms. The van der Waals surface area contributed by atoms with Crippen molar-refractivity contribution in [3.05, 3.63) is 248 Å². The van der Waals surface area contributed by atoms with Gasteiger partial charge in [-0.15, -0.1) is 0 Å². The summed E-state index contributed by atoms with van der Waals surface area (Å²) in [4.78, 5) is 2.33. The fraction of sp³-hybridized carbons (Fsp3) is 0.0182. The van der Waals surface area contributed by atoms with E-state index in [1.165, 1.54) is 56.5 Å². The van der Waals surface area contributed by atoms with Crippen molar-refractivity contribution in [2.75, 3.05) is 4.90 Å². The Hall–Kier alpha value is -6.68. The molecule has 0 aromatic heterocycles. The van der Waals surface area contributed by atoms with E-state index in [1.807, 2.05) is 0 Å². The van der Waals surface area contributed by atoms with Crippen LogP contribution in [0.15, 0.2) is 243 Å². The minimum Gasteiger partial charge on any atom is -0.0572 e. The Bertz CT molecular complexity index is 2560. The van der Waals surface area contributed by atoms with Crippen molar-refractivity contribution in [1.29, 1.82) is 0 Å². The first-order valence-corrected chi connectivity index (χ1v) is 23.9. The van der Waals surface area contributed by atoms with Crippen molar-refractivity contribution in [1.82, 2.24) is 0 Å². The molecule has 0 bridgehead atoms. The first-order valence-electron chi connectivity index (χ1n) is 19.7. The summed E-state index contributed by atoms with van der Waals surface area (Å²) >= 11 is -3.29. The standard InChI is InChI=1S/C55H43GeN/c1-42-22-36-53(37-23-42)57(54-38-30-47(31-39-54)43-14-6-2-7-15-43)55-40-32-48(33-41-55)45-26-24-44(25-27-45)46-28-34-52(35-29-46)56(49-16-8-3-9-17-49,50-18-10-4-11-19-50)51-20-12-5-13-21-51/h2-41H,1H3. The molecule has 272 valence electrons. The van der Waals surface area contributed by atoms with Crippen LogP contribution in [0.2, 0.25) is 0 Å². The second kappa shape index (κ2) is 16.2. The summed E-state index contributed by atoms with van der Waals surface area (Å²) in [6.07, 6.45) is 0. The van der Waals surface area contributed by atoms with Crippen LogP contribution in [0.4, 0.5) is 17.1 Å². The van der Waals surface area contributed by atoms with Crippen LogP contribution < -0.4 is 22.5 Å². The molecule has 0 saturated heterocycles. The summed E-state index contributed by atoms with van der Waals surface area (Å²) in [5.74, 6) is 0. The molecular weight excluding hydrogens is 747 g/mol. The first kappa shape index (κ1) is 36.0. The molecule has 0 aliphatic rings. The van der Waals surface area contributed by atoms with Crippen LogP contribution in [0.5, 0.6) is 0 Å². The molecule has 0 aliphatic carbocycles. The molecule has 0 unspecified atom stereocenters. The van der Waals surface area contributed by atoms with Gasteiger partial charge in [0.15, 0.2) is 0 Å². The molecule has 0 fully saturated rings. The molecular formula is C55H43GeN. The van der Waals surface area contributed by atoms with Gasteiger partial charge in [0, 0.05) is 11.4 Å². The molecule has 0 atom stereocenters. The third-order valence-corrected chi connectivity index (χ3v) is 21.2. The molecule has 0 saturated carbocycles. The summed E-state index contributed by atoms with van der Waals surface area (Å²) in [6.45, 7) is 2.13. The normalized spacial score (nSPS) is 11.2. The molecule has 1 nitrogen and oxygen atoms in total. The van der Waals surface area contributed by atoms with Crippen LogP contribution in [0.25, 0.3) is 33.4 Å². The summed E-state index contributed by atoms with van der Waals surface area (Å²) in [5, 5.41) is 0. The van der Waals surface area contributed by atoms with Crippen molar-refractivity contribution in [3.63, 3.8) is 0 Å². The summed E-state index contributed by atoms with van der Waals surface area (Å²) in [6, 6.07) is 89.1. The molecule has 9 aromatic carbocycles. The van der Waals surface area contributed by atoms with Crippen molar-refractivity contribution in [2.45, 2.75) is 6.92 Å². The van der Waals surface area contributed by atoms with Gasteiger partial charge in [-0.05, 0) is 42.3 Å². The minimum absolute atomic E-state index is 1.12. The fourth-order valence-corrected chi connectivity index (χ4v) is 18.2. The number of benzene rings is 9. The third kappa shape index (κ3) is 7.26. The van der Waals surface area contributed by atoms with E-state index in [1.54, 1.807) is 0 Å². The van der Waals surface area contributed by atoms with E-state index < -0.39 is 13.3 Å². The molecule has 0 amide bonds. The number of rotatable bonds is 10. The second-order valence-corrected chi connectivity index (χ2v) is 22.6. The molecule has 0 radical (unpaired) electrons. The zero-order chi connectivity index (χ0) is 38.4. The van der Waals surface area contributed by atoms with Crippen LogP contribution in [0, 0.1) is 6.92 Å². The molecule has 0 spiro atoms. The fourth-order valence-electron chi connectivity index (χ4n) is 8.21. The SMILES string of the molecule is Cc1ccc(N(c2ccc(-c3ccccc3)cc2)c2ccc(-c3ccc(-c4cc[c]([Ge]([c]5ccccc5)([c]5ccccc5)[c]5ccccc5)cc4)cc3)cc2)cc1. The van der Waals surface area contributed by atoms with Gasteiger partial charge >= 0.3 is 223 Å². The predicted octanol–water partition coefficient (Wildman–Crippen LogP) is 11.8. The Kier molecular flexibility index (Phi) is 10.2. The van der Waals surface area contributed by atoms with Gasteiger partial charge in [0.2, 0.25) is 0 Å². The van der Waals surface area contributed by atoms with Crippen LogP contribution in [-0.4, -0.2) is 13.3 Å². The largest absolute Gasteiger partial charge is 0.0572 e. The first-order chi connectivity index (χ1) is 28.2. The quantitative estimate of drug-likeness (QED) is 0.125. The van der Waals surface area contributed by atoms with E-state index in [0.717, 1.165) is 17.1 Å². The van der Waals surface area contributed by atoms with Crippen molar-refractivity contribution in [2.24, 2.45) is 0 Å². The Morgan fingerprint density at radius 3 is 0.842 bits per heavy atom. The number of nitrogens with zero attached hydrogens (tertiary/aromatic N) is 1. The van der Waals surface area contributed by atoms with E-state index in [4.69, 9.17) is 0 Å². The number of aryl methyl sites for hydroxylation is 1. The predicted molar refractivity (Wildman–Crippen MR) is 246 cm³/mol. The maximum atomic E-state index is 2.39. The average Bonchev–Trinajstić information content (AvgIpc) is 3.30. The van der Waals surface area contributed by atoms with Crippen LogP contribution in [0.3, 0.4) is 0 Å². The second-order valence-electron chi connectivity index (χ2n) is 14.6. The number of hydrogen-bond donors (Lipinski definition) is 0. The Balaban J connectivity index is 1.01. The summed E-state index contributed by atoms with van der Waals surface area (Å²) in [7, 11) is 0. The minimum atomic E-state index is -3.29. The van der Waals surface area contributed by atoms with Gasteiger partial charge in [-0.1, -0.05) is 60.2 Å². The Labute approximate surface area is 339 Å². The smallest absolute Gasteiger partial charge is 0.0378 e. The van der Waals surface area contributed by atoms with Gasteiger partial charge in [0.1, 0.15) is 0 Å². The molecule has 0 N–H and O–H groups in total. The van der Waals surface area contributed by atoms with Crippen LogP contribution in [0.1, 0.15) is 5.56 Å². The Morgan fingerprint density at radius 1 is 0.246 bits per heavy atom. The van der Waals surface area contributed by atoms with E-state index in [0.29, 0.717) is 0 Å². The summed E-state index contributed by atoms with van der Waals surface area (Å²) < 4.78 is 5.72. The van der Waals surface area contributed by atoms with Crippen molar-refractivity contribution >= 4 is 47.9 Å². The number of hydrogen-bond acceptors (Lipinski definition) is 1. The van der Waals surface area contributed by atoms with Gasteiger partial charge in [-0.3, -0.25) is 0 Å². The Morgan fingerprint density at radius 2 is 0.491 bits per heavy atom. The third-order valence-electron chi connectivity index (χ3n) is 11.1. The van der Waals surface area contributed by atoms with E-state index >= 15 is 0 Å². The molecule has 9 aromatic rings. The van der Waals surface area contributed by atoms with Gasteiger partial charge in [0.25, 0.3) is 0 Å². The maximum Gasteiger partial charge on any atom is -0.0378 e. The molecule has 0 heterocycles. The molecule has 2 heteroatoms. The van der Waals surface area contributed by atoms with Gasteiger partial charge in [0.05, 0.1) is 0 Å². The van der Waals surface area contributed by atoms with E-state index in [9.17, 15) is 0 Å². The zero-order valence-electron chi connectivity index (χ0n) is 32.0. The number of anilines is 3. The maximum absolute atomic E-state index is 3.29. The average molecular weight is 791 g/mol. The summed E-state index contributed by atoms with van der Waals surface area (Å²) in [5.41, 5.74) is 11.9. The van der Waals surface area contributed by atoms with Crippen molar-refractivity contribution in [3.8, 4) is 33.4 Å². The van der Waals surface area contributed by atoms with E-state index in [2.05, 4.69) is 254 Å². The monoisotopic (exact) mass is 791 g/mol.